The molecule has 0 radical (unpaired) electrons. The van der Waals surface area contributed by atoms with Gasteiger partial charge in [-0.3, -0.25) is 14.5 Å². The van der Waals surface area contributed by atoms with Crippen LogP contribution >= 0.6 is 0 Å². The van der Waals surface area contributed by atoms with Crippen LogP contribution in [0.5, 0.6) is 0 Å². The molecule has 0 amide bonds. The predicted molar refractivity (Wildman–Crippen MR) is 111 cm³/mol. The number of fused-ring (bicyclic) bond motifs is 2. The molecule has 4 rings (SSSR count). The first-order valence-electron chi connectivity index (χ1n) is 10.2. The second-order valence-electron chi connectivity index (χ2n) is 6.78. The molecule has 0 saturated carbocycles. The quantitative estimate of drug-likeness (QED) is 0.663. The second-order valence-corrected chi connectivity index (χ2v) is 6.78. The first kappa shape index (κ1) is 21.1. The summed E-state index contributed by atoms with van der Waals surface area (Å²) in [5, 5.41) is 3.22. The summed E-state index contributed by atoms with van der Waals surface area (Å²) in [7, 11) is 0. The Labute approximate surface area is 170 Å². The van der Waals surface area contributed by atoms with Crippen molar-refractivity contribution in [3.05, 3.63) is 64.5 Å². The van der Waals surface area contributed by atoms with Crippen LogP contribution in [-0.4, -0.2) is 55.9 Å². The standard InChI is InChI=1S/C21H21FN2O3.C2H6/c22-16-6-7-17(23-8-3-9-24-10-12-27-13-11-24)19-18(16)20(25)14-4-1-2-5-15(14)21(19)26;1-2/h1-2,4-7,23H,3,8-13H2;1-2H3. The summed E-state index contributed by atoms with van der Waals surface area (Å²) in [5.74, 6) is -1.40. The van der Waals surface area contributed by atoms with E-state index in [1.54, 1.807) is 30.3 Å². The molecule has 0 unspecified atom stereocenters. The lowest BCUT2D eigenvalue weighted by Gasteiger charge is -2.26. The highest BCUT2D eigenvalue weighted by Crippen LogP contribution is 2.33. The SMILES string of the molecule is CC.O=C1c2ccccc2C(=O)c2c(NCCCN3CCOCC3)ccc(F)c21. The largest absolute Gasteiger partial charge is 0.384 e. The molecule has 1 aliphatic carbocycles. The second kappa shape index (κ2) is 9.76. The molecule has 29 heavy (non-hydrogen) atoms. The van der Waals surface area contributed by atoms with Crippen LogP contribution in [0, 0.1) is 5.82 Å². The number of anilines is 1. The van der Waals surface area contributed by atoms with Crippen molar-refractivity contribution in [2.24, 2.45) is 0 Å². The molecule has 6 heteroatoms. The first-order valence-corrected chi connectivity index (χ1v) is 10.2. The summed E-state index contributed by atoms with van der Waals surface area (Å²) in [4.78, 5) is 28.0. The number of benzene rings is 2. The molecular weight excluding hydrogens is 371 g/mol. The number of nitrogens with zero attached hydrogens (tertiary/aromatic N) is 1. The Morgan fingerprint density at radius 3 is 2.24 bits per heavy atom. The van der Waals surface area contributed by atoms with Crippen molar-refractivity contribution >= 4 is 17.3 Å². The van der Waals surface area contributed by atoms with Crippen LogP contribution < -0.4 is 5.32 Å². The van der Waals surface area contributed by atoms with Crippen LogP contribution in [-0.2, 0) is 4.74 Å². The number of carbonyl (C=O) groups is 2. The van der Waals surface area contributed by atoms with Crippen LogP contribution in [0.4, 0.5) is 10.1 Å². The first-order chi connectivity index (χ1) is 14.2. The zero-order chi connectivity index (χ0) is 20.8. The van der Waals surface area contributed by atoms with Gasteiger partial charge in [-0.25, -0.2) is 4.39 Å². The van der Waals surface area contributed by atoms with Crippen LogP contribution in [0.3, 0.4) is 0 Å². The molecule has 0 aromatic heterocycles. The third-order valence-electron chi connectivity index (χ3n) is 5.10. The fraction of sp³-hybridized carbons (Fsp3) is 0.391. The van der Waals surface area contributed by atoms with Gasteiger partial charge >= 0.3 is 0 Å². The lowest BCUT2D eigenvalue weighted by molar-refractivity contribution is 0.0378. The maximum absolute atomic E-state index is 14.4. The van der Waals surface area contributed by atoms with E-state index in [4.69, 9.17) is 4.74 Å². The summed E-state index contributed by atoms with van der Waals surface area (Å²) in [5.41, 5.74) is 1.12. The van der Waals surface area contributed by atoms with Crippen molar-refractivity contribution in [2.75, 3.05) is 44.7 Å². The maximum atomic E-state index is 14.4. The van der Waals surface area contributed by atoms with Crippen LogP contribution in [0.2, 0.25) is 0 Å². The number of ketones is 2. The monoisotopic (exact) mass is 398 g/mol. The lowest BCUT2D eigenvalue weighted by atomic mass is 9.83. The van der Waals surface area contributed by atoms with E-state index in [1.807, 2.05) is 13.8 Å². The van der Waals surface area contributed by atoms with Crippen molar-refractivity contribution in [3.63, 3.8) is 0 Å². The summed E-state index contributed by atoms with van der Waals surface area (Å²) >= 11 is 0. The third kappa shape index (κ3) is 4.38. The van der Waals surface area contributed by atoms with Gasteiger partial charge in [-0.05, 0) is 25.1 Å². The number of hydrogen-bond acceptors (Lipinski definition) is 5. The van der Waals surface area contributed by atoms with Gasteiger partial charge in [0, 0.05) is 36.4 Å². The lowest BCUT2D eigenvalue weighted by Crippen LogP contribution is -2.37. The zero-order valence-electron chi connectivity index (χ0n) is 17.0. The van der Waals surface area contributed by atoms with E-state index in [-0.39, 0.29) is 22.5 Å². The van der Waals surface area contributed by atoms with Gasteiger partial charge < -0.3 is 10.1 Å². The molecule has 0 atom stereocenters. The van der Waals surface area contributed by atoms with E-state index in [1.165, 1.54) is 6.07 Å². The normalized spacial score (nSPS) is 15.8. The molecule has 2 aliphatic rings. The minimum absolute atomic E-state index is 0.128. The molecule has 2 aromatic rings. The number of morpholine rings is 1. The molecule has 1 aliphatic heterocycles. The maximum Gasteiger partial charge on any atom is 0.197 e. The average molecular weight is 398 g/mol. The summed E-state index contributed by atoms with van der Waals surface area (Å²) in [6.45, 7) is 8.93. The van der Waals surface area contributed by atoms with Crippen molar-refractivity contribution in [1.29, 1.82) is 0 Å². The fourth-order valence-corrected chi connectivity index (χ4v) is 3.68. The van der Waals surface area contributed by atoms with Crippen molar-refractivity contribution in [1.82, 2.24) is 4.90 Å². The number of nitrogens with one attached hydrogen (secondary N) is 1. The van der Waals surface area contributed by atoms with E-state index in [9.17, 15) is 14.0 Å². The fourth-order valence-electron chi connectivity index (χ4n) is 3.68. The van der Waals surface area contributed by atoms with Gasteiger partial charge in [0.2, 0.25) is 0 Å². The summed E-state index contributed by atoms with van der Waals surface area (Å²) in [6.07, 6.45) is 0.880. The van der Waals surface area contributed by atoms with Crippen molar-refractivity contribution in [2.45, 2.75) is 20.3 Å². The average Bonchev–Trinajstić information content (AvgIpc) is 2.78. The van der Waals surface area contributed by atoms with E-state index in [2.05, 4.69) is 10.2 Å². The highest BCUT2D eigenvalue weighted by Gasteiger charge is 2.33. The highest BCUT2D eigenvalue weighted by atomic mass is 19.1. The predicted octanol–water partition coefficient (Wildman–Crippen LogP) is 3.76. The molecule has 1 heterocycles. The van der Waals surface area contributed by atoms with E-state index >= 15 is 0 Å². The Hall–Kier alpha value is -2.57. The molecule has 1 saturated heterocycles. The molecule has 5 nitrogen and oxygen atoms in total. The number of hydrogen-bond donors (Lipinski definition) is 1. The molecule has 1 N–H and O–H groups in total. The Kier molecular flexibility index (Phi) is 7.12. The molecular formula is C23H27FN2O3. The van der Waals surface area contributed by atoms with Crippen LogP contribution in [0.15, 0.2) is 36.4 Å². The van der Waals surface area contributed by atoms with Crippen molar-refractivity contribution < 1.29 is 18.7 Å². The summed E-state index contributed by atoms with van der Waals surface area (Å²) in [6, 6.07) is 9.38. The highest BCUT2D eigenvalue weighted by molar-refractivity contribution is 6.30. The number of ether oxygens (including phenoxy) is 1. The minimum Gasteiger partial charge on any atom is -0.384 e. The van der Waals surface area contributed by atoms with Gasteiger partial charge in [0.25, 0.3) is 0 Å². The minimum atomic E-state index is -0.656. The van der Waals surface area contributed by atoms with Gasteiger partial charge in [-0.15, -0.1) is 0 Å². The topological polar surface area (TPSA) is 58.6 Å². The molecule has 1 fully saturated rings. The van der Waals surface area contributed by atoms with Crippen LogP contribution in [0.1, 0.15) is 52.1 Å². The Bertz CT molecular complexity index is 892. The molecule has 0 bridgehead atoms. The van der Waals surface area contributed by atoms with E-state index < -0.39 is 11.6 Å². The smallest absolute Gasteiger partial charge is 0.197 e. The van der Waals surface area contributed by atoms with Gasteiger partial charge in [-0.1, -0.05) is 38.1 Å². The van der Waals surface area contributed by atoms with E-state index in [0.29, 0.717) is 17.8 Å². The Balaban J connectivity index is 0.00000117. The van der Waals surface area contributed by atoms with E-state index in [0.717, 1.165) is 39.3 Å². The van der Waals surface area contributed by atoms with Gasteiger partial charge in [-0.2, -0.15) is 0 Å². The zero-order valence-corrected chi connectivity index (χ0v) is 17.0. The van der Waals surface area contributed by atoms with Gasteiger partial charge in [0.1, 0.15) is 5.82 Å². The molecule has 2 aromatic carbocycles. The third-order valence-corrected chi connectivity index (χ3v) is 5.10. The Morgan fingerprint density at radius 2 is 1.59 bits per heavy atom. The van der Waals surface area contributed by atoms with Gasteiger partial charge in [0.05, 0.1) is 24.3 Å². The van der Waals surface area contributed by atoms with Crippen LogP contribution in [0.25, 0.3) is 0 Å². The molecule has 0 spiro atoms. The Morgan fingerprint density at radius 1 is 0.966 bits per heavy atom. The van der Waals surface area contributed by atoms with Gasteiger partial charge in [0.15, 0.2) is 11.6 Å². The summed E-state index contributed by atoms with van der Waals surface area (Å²) < 4.78 is 19.7. The number of halogens is 1. The number of rotatable bonds is 5. The van der Waals surface area contributed by atoms with Crippen molar-refractivity contribution in [3.8, 4) is 0 Å². The number of carbonyl (C=O) groups excluding carboxylic acids is 2. The molecule has 154 valence electrons.